The van der Waals surface area contributed by atoms with E-state index in [0.29, 0.717) is 36.6 Å². The van der Waals surface area contributed by atoms with E-state index in [1.165, 1.54) is 23.5 Å². The van der Waals surface area contributed by atoms with Crippen LogP contribution in [-0.4, -0.2) is 23.1 Å². The van der Waals surface area contributed by atoms with E-state index in [1.807, 2.05) is 12.3 Å². The zero-order chi connectivity index (χ0) is 14.5. The monoisotopic (exact) mass is 293 g/mol. The Bertz CT molecular complexity index is 613. The van der Waals surface area contributed by atoms with Crippen LogP contribution in [0.2, 0.25) is 0 Å². The van der Waals surface area contributed by atoms with Gasteiger partial charge in [0.15, 0.2) is 0 Å². The summed E-state index contributed by atoms with van der Waals surface area (Å²) in [5.74, 6) is 0.600. The number of non-ortho nitro benzene ring substituents is 1. The Balaban J connectivity index is 2.44. The van der Waals surface area contributed by atoms with Crippen molar-refractivity contribution in [2.45, 2.75) is 13.3 Å². The Morgan fingerprint density at radius 1 is 1.50 bits per heavy atom. The summed E-state index contributed by atoms with van der Waals surface area (Å²) in [6, 6.07) is 4.53. The molecular formula is C13H15N3O3S. The second-order valence-electron chi connectivity index (χ2n) is 4.04. The number of nitro groups is 1. The van der Waals surface area contributed by atoms with Gasteiger partial charge in [0.2, 0.25) is 0 Å². The number of nitro benzene ring substituents is 1. The van der Waals surface area contributed by atoms with Crippen LogP contribution >= 0.6 is 11.3 Å². The lowest BCUT2D eigenvalue weighted by Gasteiger charge is -2.08. The maximum absolute atomic E-state index is 10.9. The van der Waals surface area contributed by atoms with E-state index >= 15 is 0 Å². The van der Waals surface area contributed by atoms with E-state index < -0.39 is 4.92 Å². The smallest absolute Gasteiger partial charge is 0.270 e. The zero-order valence-electron chi connectivity index (χ0n) is 11.0. The van der Waals surface area contributed by atoms with E-state index in [1.54, 1.807) is 6.07 Å². The van der Waals surface area contributed by atoms with Crippen LogP contribution in [0.15, 0.2) is 23.6 Å². The van der Waals surface area contributed by atoms with Crippen molar-refractivity contribution in [3.8, 4) is 17.0 Å². The average molecular weight is 293 g/mol. The molecule has 0 spiro atoms. The van der Waals surface area contributed by atoms with Crippen LogP contribution < -0.4 is 10.5 Å². The summed E-state index contributed by atoms with van der Waals surface area (Å²) in [5, 5.41) is 13.7. The molecule has 0 saturated carbocycles. The van der Waals surface area contributed by atoms with Gasteiger partial charge in [-0.05, 0) is 19.5 Å². The number of rotatable bonds is 6. The van der Waals surface area contributed by atoms with Crippen LogP contribution in [0.3, 0.4) is 0 Å². The number of thiazole rings is 1. The van der Waals surface area contributed by atoms with Gasteiger partial charge in [0.1, 0.15) is 5.75 Å². The van der Waals surface area contributed by atoms with Crippen LogP contribution in [0.5, 0.6) is 5.75 Å². The van der Waals surface area contributed by atoms with Crippen LogP contribution in [-0.2, 0) is 6.42 Å². The molecule has 0 aliphatic rings. The molecule has 1 heterocycles. The molecule has 1 aromatic heterocycles. The highest BCUT2D eigenvalue weighted by molar-refractivity contribution is 7.09. The minimum absolute atomic E-state index is 0.0248. The molecule has 0 amide bonds. The van der Waals surface area contributed by atoms with Crippen LogP contribution in [0, 0.1) is 10.1 Å². The fraction of sp³-hybridized carbons (Fsp3) is 0.308. The van der Waals surface area contributed by atoms with Gasteiger partial charge in [-0.15, -0.1) is 11.3 Å². The first-order valence-electron chi connectivity index (χ1n) is 6.21. The number of hydrogen-bond acceptors (Lipinski definition) is 6. The molecular weight excluding hydrogens is 278 g/mol. The van der Waals surface area contributed by atoms with Gasteiger partial charge < -0.3 is 10.5 Å². The molecule has 0 radical (unpaired) electrons. The van der Waals surface area contributed by atoms with Gasteiger partial charge in [0.05, 0.1) is 22.2 Å². The Morgan fingerprint density at radius 2 is 2.30 bits per heavy atom. The first-order valence-corrected chi connectivity index (χ1v) is 7.09. The van der Waals surface area contributed by atoms with E-state index in [-0.39, 0.29) is 5.69 Å². The maximum atomic E-state index is 10.9. The van der Waals surface area contributed by atoms with Gasteiger partial charge in [-0.1, -0.05) is 0 Å². The maximum Gasteiger partial charge on any atom is 0.270 e. The van der Waals surface area contributed by atoms with Crippen molar-refractivity contribution in [2.24, 2.45) is 5.73 Å². The standard InChI is InChI=1S/C13H15N3O3S/c1-2-19-12-4-3-9(16(17)18)7-10(12)11-8-20-13(15-11)5-6-14/h3-4,7-8H,2,5-6,14H2,1H3. The molecule has 7 heteroatoms. The first kappa shape index (κ1) is 14.4. The van der Waals surface area contributed by atoms with E-state index in [2.05, 4.69) is 4.98 Å². The molecule has 0 atom stereocenters. The van der Waals surface area contributed by atoms with Gasteiger partial charge in [0, 0.05) is 29.5 Å². The molecule has 1 aromatic carbocycles. The number of nitrogens with zero attached hydrogens (tertiary/aromatic N) is 2. The molecule has 0 aliphatic carbocycles. The number of ether oxygens (including phenoxy) is 1. The second kappa shape index (κ2) is 6.44. The van der Waals surface area contributed by atoms with E-state index in [9.17, 15) is 10.1 Å². The molecule has 2 rings (SSSR count). The topological polar surface area (TPSA) is 91.3 Å². The van der Waals surface area contributed by atoms with Crippen molar-refractivity contribution >= 4 is 17.0 Å². The average Bonchev–Trinajstić information content (AvgIpc) is 2.88. The highest BCUT2D eigenvalue weighted by Crippen LogP contribution is 2.34. The van der Waals surface area contributed by atoms with Crippen molar-refractivity contribution in [2.75, 3.05) is 13.2 Å². The summed E-state index contributed by atoms with van der Waals surface area (Å²) < 4.78 is 5.51. The highest BCUT2D eigenvalue weighted by atomic mass is 32.1. The molecule has 0 fully saturated rings. The largest absolute Gasteiger partial charge is 0.493 e. The lowest BCUT2D eigenvalue weighted by Crippen LogP contribution is -2.02. The van der Waals surface area contributed by atoms with Crippen molar-refractivity contribution in [3.05, 3.63) is 38.7 Å². The lowest BCUT2D eigenvalue weighted by atomic mass is 10.1. The minimum atomic E-state index is -0.424. The van der Waals surface area contributed by atoms with Crippen molar-refractivity contribution in [1.29, 1.82) is 0 Å². The van der Waals surface area contributed by atoms with Gasteiger partial charge in [-0.3, -0.25) is 10.1 Å². The normalized spacial score (nSPS) is 10.5. The summed E-state index contributed by atoms with van der Waals surface area (Å²) in [6.07, 6.45) is 0.698. The van der Waals surface area contributed by atoms with Crippen molar-refractivity contribution < 1.29 is 9.66 Å². The third kappa shape index (κ3) is 3.12. The zero-order valence-corrected chi connectivity index (χ0v) is 11.9. The number of aromatic nitrogens is 1. The van der Waals surface area contributed by atoms with E-state index in [0.717, 1.165) is 5.01 Å². The van der Waals surface area contributed by atoms with Crippen molar-refractivity contribution in [1.82, 2.24) is 4.98 Å². The second-order valence-corrected chi connectivity index (χ2v) is 4.98. The molecule has 0 saturated heterocycles. The summed E-state index contributed by atoms with van der Waals surface area (Å²) in [5.41, 5.74) is 6.85. The fourth-order valence-corrected chi connectivity index (χ4v) is 2.60. The summed E-state index contributed by atoms with van der Waals surface area (Å²) in [7, 11) is 0. The summed E-state index contributed by atoms with van der Waals surface area (Å²) in [4.78, 5) is 14.9. The molecule has 0 aliphatic heterocycles. The van der Waals surface area contributed by atoms with Crippen LogP contribution in [0.1, 0.15) is 11.9 Å². The van der Waals surface area contributed by atoms with Crippen LogP contribution in [0.25, 0.3) is 11.3 Å². The fourth-order valence-electron chi connectivity index (χ4n) is 1.79. The number of nitrogens with two attached hydrogens (primary N) is 1. The summed E-state index contributed by atoms with van der Waals surface area (Å²) >= 11 is 1.49. The first-order chi connectivity index (χ1) is 9.65. The molecule has 0 bridgehead atoms. The summed E-state index contributed by atoms with van der Waals surface area (Å²) in [6.45, 7) is 2.89. The quantitative estimate of drug-likeness (QED) is 0.653. The predicted octanol–water partition coefficient (Wildman–Crippen LogP) is 2.62. The predicted molar refractivity (Wildman–Crippen MR) is 78.1 cm³/mol. The third-order valence-electron chi connectivity index (χ3n) is 2.66. The van der Waals surface area contributed by atoms with Crippen molar-refractivity contribution in [3.63, 3.8) is 0 Å². The third-order valence-corrected chi connectivity index (χ3v) is 3.57. The van der Waals surface area contributed by atoms with Gasteiger partial charge in [0.25, 0.3) is 5.69 Å². The molecule has 6 nitrogen and oxygen atoms in total. The Hall–Kier alpha value is -1.99. The molecule has 2 N–H and O–H groups in total. The Morgan fingerprint density at radius 3 is 2.95 bits per heavy atom. The van der Waals surface area contributed by atoms with E-state index in [4.69, 9.17) is 10.5 Å². The van der Waals surface area contributed by atoms with Gasteiger partial charge >= 0.3 is 0 Å². The van der Waals surface area contributed by atoms with Gasteiger partial charge in [-0.25, -0.2) is 4.98 Å². The van der Waals surface area contributed by atoms with Crippen LogP contribution in [0.4, 0.5) is 5.69 Å². The Labute approximate surface area is 120 Å². The lowest BCUT2D eigenvalue weighted by molar-refractivity contribution is -0.384. The molecule has 106 valence electrons. The Kier molecular flexibility index (Phi) is 4.65. The molecule has 0 unspecified atom stereocenters. The molecule has 20 heavy (non-hydrogen) atoms. The highest BCUT2D eigenvalue weighted by Gasteiger charge is 2.15. The van der Waals surface area contributed by atoms with Gasteiger partial charge in [-0.2, -0.15) is 0 Å². The number of benzene rings is 1. The minimum Gasteiger partial charge on any atom is -0.493 e. The molecule has 2 aromatic rings. The SMILES string of the molecule is CCOc1ccc([N+](=O)[O-])cc1-c1csc(CCN)n1. The number of hydrogen-bond donors (Lipinski definition) is 1.